The highest BCUT2D eigenvalue weighted by Gasteiger charge is 1.87. The van der Waals surface area contributed by atoms with Crippen LogP contribution in [0.3, 0.4) is 0 Å². The van der Waals surface area contributed by atoms with Gasteiger partial charge in [0.25, 0.3) is 0 Å². The van der Waals surface area contributed by atoms with E-state index in [-0.39, 0.29) is 0 Å². The van der Waals surface area contributed by atoms with E-state index in [0.29, 0.717) is 0 Å². The largest absolute Gasteiger partial charge is 0.248 e. The molecular weight excluding hydrogens is 282 g/mol. The molecule has 0 bridgehead atoms. The van der Waals surface area contributed by atoms with E-state index in [1.807, 2.05) is 12.1 Å². The van der Waals surface area contributed by atoms with Crippen LogP contribution in [-0.4, -0.2) is 10.3 Å². The molecule has 0 aliphatic carbocycles. The zero-order valence-corrected chi connectivity index (χ0v) is 9.52. The monoisotopic (exact) mass is 287 g/mol. The second kappa shape index (κ2) is 5.34. The van der Waals surface area contributed by atoms with Crippen molar-refractivity contribution in [2.75, 3.05) is 5.33 Å². The van der Waals surface area contributed by atoms with Crippen LogP contribution in [0.5, 0.6) is 0 Å². The van der Waals surface area contributed by atoms with Crippen LogP contribution in [0.1, 0.15) is 12.0 Å². The van der Waals surface area contributed by atoms with Gasteiger partial charge in [-0.3, -0.25) is 0 Å². The summed E-state index contributed by atoms with van der Waals surface area (Å²) in [5.41, 5.74) is 0.958. The van der Waals surface area contributed by atoms with E-state index in [1.54, 1.807) is 6.20 Å². The molecular formula is C9H7Br2N. The molecule has 0 saturated carbocycles. The minimum atomic E-state index is 0.841. The predicted molar refractivity (Wildman–Crippen MR) is 57.2 cm³/mol. The Hall–Kier alpha value is -0.330. The number of hydrogen-bond acceptors (Lipinski definition) is 1. The van der Waals surface area contributed by atoms with Crippen molar-refractivity contribution in [3.05, 3.63) is 28.5 Å². The highest BCUT2D eigenvalue weighted by molar-refractivity contribution is 9.10. The van der Waals surface area contributed by atoms with Gasteiger partial charge in [0, 0.05) is 23.5 Å². The average molecular weight is 289 g/mol. The molecule has 1 rings (SSSR count). The van der Waals surface area contributed by atoms with Crippen LogP contribution in [-0.2, 0) is 0 Å². The van der Waals surface area contributed by atoms with Crippen molar-refractivity contribution in [3.8, 4) is 11.8 Å². The molecule has 1 heterocycles. The first-order valence-corrected chi connectivity index (χ1v) is 5.41. The highest BCUT2D eigenvalue weighted by Crippen LogP contribution is 2.04. The van der Waals surface area contributed by atoms with E-state index in [1.165, 1.54) is 0 Å². The van der Waals surface area contributed by atoms with Gasteiger partial charge >= 0.3 is 0 Å². The molecule has 0 aliphatic rings. The lowest BCUT2D eigenvalue weighted by atomic mass is 10.3. The first kappa shape index (κ1) is 9.76. The second-order valence-electron chi connectivity index (χ2n) is 2.11. The van der Waals surface area contributed by atoms with Crippen molar-refractivity contribution in [1.82, 2.24) is 4.98 Å². The summed E-state index contributed by atoms with van der Waals surface area (Å²) in [4.78, 5) is 4.06. The van der Waals surface area contributed by atoms with Crippen molar-refractivity contribution >= 4 is 31.9 Å². The van der Waals surface area contributed by atoms with E-state index in [0.717, 1.165) is 21.9 Å². The van der Waals surface area contributed by atoms with Crippen molar-refractivity contribution in [3.63, 3.8) is 0 Å². The van der Waals surface area contributed by atoms with Gasteiger partial charge < -0.3 is 0 Å². The van der Waals surface area contributed by atoms with Gasteiger partial charge in [-0.1, -0.05) is 27.8 Å². The molecule has 1 aromatic heterocycles. The molecule has 0 saturated heterocycles. The molecule has 0 fully saturated rings. The number of halogens is 2. The summed E-state index contributed by atoms with van der Waals surface area (Å²) in [5.74, 6) is 6.03. The number of aromatic nitrogens is 1. The Morgan fingerprint density at radius 1 is 1.42 bits per heavy atom. The molecule has 0 aromatic carbocycles. The van der Waals surface area contributed by atoms with Crippen LogP contribution in [0.4, 0.5) is 0 Å². The normalized spacial score (nSPS) is 8.83. The maximum atomic E-state index is 4.06. The average Bonchev–Trinajstić information content (AvgIpc) is 2.09. The lowest BCUT2D eigenvalue weighted by molar-refractivity contribution is 1.26. The summed E-state index contributed by atoms with van der Waals surface area (Å²) in [6.07, 6.45) is 2.63. The maximum Gasteiger partial charge on any atom is 0.106 e. The minimum absolute atomic E-state index is 0.841. The molecule has 1 nitrogen and oxygen atoms in total. The van der Waals surface area contributed by atoms with E-state index in [9.17, 15) is 0 Å². The Bertz CT molecular complexity index is 295. The lowest BCUT2D eigenvalue weighted by Gasteiger charge is -1.88. The fourth-order valence-corrected chi connectivity index (χ4v) is 1.09. The fraction of sp³-hybridized carbons (Fsp3) is 0.222. The third-order valence-electron chi connectivity index (χ3n) is 1.18. The van der Waals surface area contributed by atoms with Gasteiger partial charge in [0.2, 0.25) is 0 Å². The number of nitrogens with zero attached hydrogens (tertiary/aromatic N) is 1. The number of alkyl halides is 1. The zero-order chi connectivity index (χ0) is 8.81. The van der Waals surface area contributed by atoms with E-state index in [2.05, 4.69) is 48.7 Å². The van der Waals surface area contributed by atoms with Crippen LogP contribution in [0, 0.1) is 11.8 Å². The van der Waals surface area contributed by atoms with Gasteiger partial charge in [0.05, 0.1) is 0 Å². The van der Waals surface area contributed by atoms with E-state index >= 15 is 0 Å². The number of rotatable bonds is 1. The Balaban J connectivity index is 2.66. The van der Waals surface area contributed by atoms with Crippen molar-refractivity contribution in [2.24, 2.45) is 0 Å². The van der Waals surface area contributed by atoms with E-state index in [4.69, 9.17) is 0 Å². The molecule has 12 heavy (non-hydrogen) atoms. The van der Waals surface area contributed by atoms with Gasteiger partial charge in [0.15, 0.2) is 0 Å². The SMILES string of the molecule is BrCCC#Cc1ccc(Br)nc1. The van der Waals surface area contributed by atoms with Crippen molar-refractivity contribution in [1.29, 1.82) is 0 Å². The summed E-state index contributed by atoms with van der Waals surface area (Å²) in [6.45, 7) is 0. The minimum Gasteiger partial charge on any atom is -0.248 e. The first-order valence-electron chi connectivity index (χ1n) is 3.49. The van der Waals surface area contributed by atoms with Crippen LogP contribution in [0.2, 0.25) is 0 Å². The van der Waals surface area contributed by atoms with Crippen LogP contribution >= 0.6 is 31.9 Å². The summed E-state index contributed by atoms with van der Waals surface area (Å²) < 4.78 is 0.841. The van der Waals surface area contributed by atoms with Crippen LogP contribution in [0.25, 0.3) is 0 Å². The van der Waals surface area contributed by atoms with E-state index < -0.39 is 0 Å². The fourth-order valence-electron chi connectivity index (χ4n) is 0.662. The molecule has 0 unspecified atom stereocenters. The molecule has 0 atom stereocenters. The summed E-state index contributed by atoms with van der Waals surface area (Å²) >= 11 is 6.57. The highest BCUT2D eigenvalue weighted by atomic mass is 79.9. The van der Waals surface area contributed by atoms with Gasteiger partial charge in [-0.15, -0.1) is 0 Å². The van der Waals surface area contributed by atoms with Crippen molar-refractivity contribution < 1.29 is 0 Å². The maximum absolute atomic E-state index is 4.06. The quantitative estimate of drug-likeness (QED) is 0.440. The lowest BCUT2D eigenvalue weighted by Crippen LogP contribution is -1.78. The number of hydrogen-bond donors (Lipinski definition) is 0. The molecule has 62 valence electrons. The Labute approximate surface area is 88.8 Å². The molecule has 0 radical (unpaired) electrons. The molecule has 0 spiro atoms. The Morgan fingerprint density at radius 2 is 2.25 bits per heavy atom. The summed E-state index contributed by atoms with van der Waals surface area (Å²) in [6, 6.07) is 3.83. The smallest absolute Gasteiger partial charge is 0.106 e. The van der Waals surface area contributed by atoms with Gasteiger partial charge in [-0.25, -0.2) is 4.98 Å². The zero-order valence-electron chi connectivity index (χ0n) is 6.35. The Morgan fingerprint density at radius 3 is 2.83 bits per heavy atom. The second-order valence-corrected chi connectivity index (χ2v) is 3.72. The van der Waals surface area contributed by atoms with Gasteiger partial charge in [-0.2, -0.15) is 0 Å². The molecule has 0 amide bonds. The predicted octanol–water partition coefficient (Wildman–Crippen LogP) is 2.98. The molecule has 1 aromatic rings. The van der Waals surface area contributed by atoms with Gasteiger partial charge in [0.1, 0.15) is 4.60 Å². The van der Waals surface area contributed by atoms with Crippen molar-refractivity contribution in [2.45, 2.75) is 6.42 Å². The van der Waals surface area contributed by atoms with Crippen LogP contribution < -0.4 is 0 Å². The number of pyridine rings is 1. The molecule has 0 N–H and O–H groups in total. The first-order chi connectivity index (χ1) is 5.83. The molecule has 0 aliphatic heterocycles. The third kappa shape index (κ3) is 3.38. The topological polar surface area (TPSA) is 12.9 Å². The van der Waals surface area contributed by atoms with Gasteiger partial charge in [-0.05, 0) is 28.1 Å². The Kier molecular flexibility index (Phi) is 4.34. The summed E-state index contributed by atoms with van der Waals surface area (Å²) in [5, 5.41) is 0.921. The van der Waals surface area contributed by atoms with Crippen LogP contribution in [0.15, 0.2) is 22.9 Å². The standard InChI is InChI=1S/C9H7Br2N/c10-6-2-1-3-8-4-5-9(11)12-7-8/h4-5,7H,2,6H2. The molecule has 3 heteroatoms. The third-order valence-corrected chi connectivity index (χ3v) is 2.05. The summed E-state index contributed by atoms with van der Waals surface area (Å²) in [7, 11) is 0.